The average Bonchev–Trinajstić information content (AvgIpc) is 2.70. The van der Waals surface area contributed by atoms with Crippen molar-refractivity contribution in [2.75, 3.05) is 11.9 Å². The number of nitro groups is 1. The van der Waals surface area contributed by atoms with Crippen molar-refractivity contribution in [2.45, 2.75) is 13.8 Å². The number of hydrogen-bond donors (Lipinski definition) is 1. The molecule has 9 nitrogen and oxygen atoms in total. The number of anilines is 1. The third-order valence-electron chi connectivity index (χ3n) is 3.66. The van der Waals surface area contributed by atoms with Gasteiger partial charge < -0.3 is 14.8 Å². The number of rotatable bonds is 7. The van der Waals surface area contributed by atoms with Gasteiger partial charge in [-0.1, -0.05) is 0 Å². The zero-order valence-electron chi connectivity index (χ0n) is 16.3. The van der Waals surface area contributed by atoms with Crippen LogP contribution < -0.4 is 14.8 Å². The maximum atomic E-state index is 13.9. The van der Waals surface area contributed by atoms with E-state index in [0.29, 0.717) is 9.13 Å². The van der Waals surface area contributed by atoms with Crippen LogP contribution in [0.15, 0.2) is 35.9 Å². The fraction of sp³-hybridized carbons (Fsp3) is 0.150. The van der Waals surface area contributed by atoms with Crippen LogP contribution in [0.25, 0.3) is 6.08 Å². The molecule has 0 aromatic heterocycles. The maximum absolute atomic E-state index is 13.9. The van der Waals surface area contributed by atoms with Gasteiger partial charge in [-0.2, -0.15) is 5.26 Å². The number of esters is 1. The van der Waals surface area contributed by atoms with Crippen molar-refractivity contribution in [3.63, 3.8) is 0 Å². The second-order valence-electron chi connectivity index (χ2n) is 5.90. The van der Waals surface area contributed by atoms with E-state index in [0.717, 1.165) is 18.2 Å². The van der Waals surface area contributed by atoms with Crippen molar-refractivity contribution < 1.29 is 28.4 Å². The second-order valence-corrected chi connectivity index (χ2v) is 7.06. The van der Waals surface area contributed by atoms with E-state index in [1.54, 1.807) is 19.1 Å². The molecule has 0 atom stereocenters. The molecule has 2 rings (SSSR count). The van der Waals surface area contributed by atoms with Gasteiger partial charge in [0, 0.05) is 19.1 Å². The van der Waals surface area contributed by atoms with Crippen molar-refractivity contribution in [3.8, 4) is 17.6 Å². The summed E-state index contributed by atoms with van der Waals surface area (Å²) in [6.45, 7) is 3.24. The number of hydrogen-bond acceptors (Lipinski definition) is 7. The number of benzene rings is 2. The molecule has 0 saturated carbocycles. The van der Waals surface area contributed by atoms with E-state index in [4.69, 9.17) is 9.47 Å². The third kappa shape index (κ3) is 6.22. The van der Waals surface area contributed by atoms with Crippen LogP contribution in [0.2, 0.25) is 0 Å². The summed E-state index contributed by atoms with van der Waals surface area (Å²) in [7, 11) is 0. The maximum Gasteiger partial charge on any atom is 0.308 e. The van der Waals surface area contributed by atoms with E-state index in [9.17, 15) is 29.4 Å². The summed E-state index contributed by atoms with van der Waals surface area (Å²) in [5.74, 6) is -1.96. The molecule has 0 heterocycles. The standard InChI is InChI=1S/C20H15FIN3O6/c1-3-30-18-8-12(7-16(22)19(18)31-11(2)26)6-13(10-23)20(27)24-17-9-14(25(28)29)4-5-15(17)21/h4-9H,3H2,1-2H3,(H,24,27)/b13-6+. The molecule has 0 fully saturated rings. The Kier molecular flexibility index (Phi) is 8.03. The molecule has 2 aromatic rings. The number of amides is 1. The molecule has 0 radical (unpaired) electrons. The van der Waals surface area contributed by atoms with Crippen LogP contribution in [0.3, 0.4) is 0 Å². The minimum Gasteiger partial charge on any atom is -0.490 e. The van der Waals surface area contributed by atoms with E-state index in [1.165, 1.54) is 19.1 Å². The summed E-state index contributed by atoms with van der Waals surface area (Å²) < 4.78 is 25.0. The van der Waals surface area contributed by atoms with Gasteiger partial charge in [0.2, 0.25) is 0 Å². The first kappa shape index (κ1) is 23.7. The predicted molar refractivity (Wildman–Crippen MR) is 117 cm³/mol. The number of nitrogens with one attached hydrogen (secondary N) is 1. The fourth-order valence-corrected chi connectivity index (χ4v) is 3.14. The van der Waals surface area contributed by atoms with Gasteiger partial charge in [-0.3, -0.25) is 19.7 Å². The minimum atomic E-state index is -0.959. The van der Waals surface area contributed by atoms with Gasteiger partial charge in [-0.05, 0) is 59.4 Å². The zero-order valence-corrected chi connectivity index (χ0v) is 18.4. The van der Waals surface area contributed by atoms with Gasteiger partial charge in [-0.15, -0.1) is 0 Å². The van der Waals surface area contributed by atoms with Gasteiger partial charge in [0.1, 0.15) is 17.5 Å². The number of nitrogens with zero attached hydrogens (tertiary/aromatic N) is 2. The van der Waals surface area contributed by atoms with Crippen molar-refractivity contribution in [1.82, 2.24) is 0 Å². The molecule has 0 bridgehead atoms. The lowest BCUT2D eigenvalue weighted by Crippen LogP contribution is -2.14. The number of ether oxygens (including phenoxy) is 2. The zero-order chi connectivity index (χ0) is 23.1. The third-order valence-corrected chi connectivity index (χ3v) is 4.46. The SMILES string of the molecule is CCOc1cc(/C=C(\C#N)C(=O)Nc2cc([N+](=O)[O-])ccc2F)cc(I)c1OC(C)=O. The van der Waals surface area contributed by atoms with Crippen LogP contribution in [0, 0.1) is 30.8 Å². The lowest BCUT2D eigenvalue weighted by atomic mass is 10.1. The molecule has 0 aliphatic carbocycles. The van der Waals surface area contributed by atoms with Crippen molar-refractivity contribution in [1.29, 1.82) is 5.26 Å². The highest BCUT2D eigenvalue weighted by Crippen LogP contribution is 2.35. The number of carbonyl (C=O) groups is 2. The monoisotopic (exact) mass is 539 g/mol. The Bertz CT molecular complexity index is 1130. The summed E-state index contributed by atoms with van der Waals surface area (Å²) in [5, 5.41) is 22.4. The van der Waals surface area contributed by atoms with Gasteiger partial charge in [0.15, 0.2) is 11.5 Å². The van der Waals surface area contributed by atoms with E-state index in [2.05, 4.69) is 5.32 Å². The summed E-state index contributed by atoms with van der Waals surface area (Å²) in [6, 6.07) is 7.39. The van der Waals surface area contributed by atoms with E-state index < -0.39 is 34.0 Å². The van der Waals surface area contributed by atoms with E-state index in [1.807, 2.05) is 22.6 Å². The quantitative estimate of drug-likeness (QED) is 0.106. The molecule has 160 valence electrons. The van der Waals surface area contributed by atoms with Gasteiger partial charge >= 0.3 is 5.97 Å². The van der Waals surface area contributed by atoms with Crippen molar-refractivity contribution in [3.05, 3.63) is 61.0 Å². The topological polar surface area (TPSA) is 132 Å². The molecule has 0 unspecified atom stereocenters. The summed E-state index contributed by atoms with van der Waals surface area (Å²) >= 11 is 1.91. The number of carbonyl (C=O) groups excluding carboxylic acids is 2. The Balaban J connectivity index is 2.40. The van der Waals surface area contributed by atoms with Crippen molar-refractivity contribution in [2.24, 2.45) is 0 Å². The minimum absolute atomic E-state index is 0.203. The van der Waals surface area contributed by atoms with Crippen LogP contribution in [-0.2, 0) is 9.59 Å². The van der Waals surface area contributed by atoms with Crippen LogP contribution in [0.5, 0.6) is 11.5 Å². The molecule has 1 N–H and O–H groups in total. The van der Waals surface area contributed by atoms with Crippen LogP contribution >= 0.6 is 22.6 Å². The Morgan fingerprint density at radius 1 is 1.35 bits per heavy atom. The number of nitro benzene ring substituents is 1. The number of nitriles is 1. The first-order valence-electron chi connectivity index (χ1n) is 8.68. The molecular formula is C20H15FIN3O6. The molecule has 0 saturated heterocycles. The molecule has 31 heavy (non-hydrogen) atoms. The van der Waals surface area contributed by atoms with E-state index >= 15 is 0 Å². The molecule has 1 amide bonds. The fourth-order valence-electron chi connectivity index (χ4n) is 2.40. The van der Waals surface area contributed by atoms with E-state index in [-0.39, 0.29) is 23.7 Å². The first-order valence-corrected chi connectivity index (χ1v) is 9.76. The second kappa shape index (κ2) is 10.5. The average molecular weight is 539 g/mol. The van der Waals surface area contributed by atoms with Crippen LogP contribution in [0.4, 0.5) is 15.8 Å². The Labute approximate surface area is 189 Å². The molecule has 0 spiro atoms. The van der Waals surface area contributed by atoms with Crippen LogP contribution in [0.1, 0.15) is 19.4 Å². The highest BCUT2D eigenvalue weighted by atomic mass is 127. The first-order chi connectivity index (χ1) is 14.7. The summed E-state index contributed by atoms with van der Waals surface area (Å²) in [5.41, 5.74) is -0.856. The molecule has 2 aromatic carbocycles. The Morgan fingerprint density at radius 3 is 2.65 bits per heavy atom. The van der Waals surface area contributed by atoms with Crippen LogP contribution in [-0.4, -0.2) is 23.4 Å². The Hall–Kier alpha value is -3.53. The molecule has 0 aliphatic rings. The summed E-state index contributed by atoms with van der Waals surface area (Å²) in [4.78, 5) is 33.9. The highest BCUT2D eigenvalue weighted by molar-refractivity contribution is 14.1. The predicted octanol–water partition coefficient (Wildman–Crippen LogP) is 4.21. The normalized spacial score (nSPS) is 10.7. The van der Waals surface area contributed by atoms with Gasteiger partial charge in [0.25, 0.3) is 11.6 Å². The number of non-ortho nitro benzene ring substituents is 1. The summed E-state index contributed by atoms with van der Waals surface area (Å²) in [6.07, 6.45) is 1.23. The van der Waals surface area contributed by atoms with Crippen molar-refractivity contribution >= 4 is 51.9 Å². The Morgan fingerprint density at radius 2 is 2.06 bits per heavy atom. The van der Waals surface area contributed by atoms with Gasteiger partial charge in [0.05, 0.1) is 20.8 Å². The largest absolute Gasteiger partial charge is 0.490 e. The highest BCUT2D eigenvalue weighted by Gasteiger charge is 2.18. The number of halogens is 2. The lowest BCUT2D eigenvalue weighted by Gasteiger charge is -2.13. The van der Waals surface area contributed by atoms with Gasteiger partial charge in [-0.25, -0.2) is 4.39 Å². The molecule has 11 heteroatoms. The molecule has 0 aliphatic heterocycles. The lowest BCUT2D eigenvalue weighted by molar-refractivity contribution is -0.384. The molecular weight excluding hydrogens is 524 g/mol. The smallest absolute Gasteiger partial charge is 0.308 e.